The quantitative estimate of drug-likeness (QED) is 0.688. The summed E-state index contributed by atoms with van der Waals surface area (Å²) in [7, 11) is 0. The standard InChI is InChI=1S/C9H16FNO2/c1-7-4-2-3-5-8(7)11(10)6-9(12)13/h7-8H,2-6H2,1H3,(H,12,13)/t7?,8-/m0/s1. The van der Waals surface area contributed by atoms with Crippen molar-refractivity contribution >= 4 is 5.97 Å². The van der Waals surface area contributed by atoms with Crippen molar-refractivity contribution in [3.8, 4) is 0 Å². The van der Waals surface area contributed by atoms with Gasteiger partial charge in [0.05, 0.1) is 0 Å². The number of hydrogen-bond acceptors (Lipinski definition) is 2. The van der Waals surface area contributed by atoms with E-state index in [2.05, 4.69) is 0 Å². The maximum atomic E-state index is 13.2. The fraction of sp³-hybridized carbons (Fsp3) is 0.889. The fourth-order valence-corrected chi connectivity index (χ4v) is 1.96. The summed E-state index contributed by atoms with van der Waals surface area (Å²) in [5.74, 6) is -0.821. The van der Waals surface area contributed by atoms with Gasteiger partial charge >= 0.3 is 5.97 Å². The Morgan fingerprint density at radius 1 is 1.54 bits per heavy atom. The maximum Gasteiger partial charge on any atom is 0.320 e. The van der Waals surface area contributed by atoms with Gasteiger partial charge in [0.15, 0.2) is 0 Å². The van der Waals surface area contributed by atoms with Gasteiger partial charge in [-0.05, 0) is 18.8 Å². The predicted octanol–water partition coefficient (Wildman–Crippen LogP) is 1.84. The molecule has 1 fully saturated rings. The van der Waals surface area contributed by atoms with Crippen molar-refractivity contribution < 1.29 is 14.4 Å². The predicted molar refractivity (Wildman–Crippen MR) is 46.9 cm³/mol. The van der Waals surface area contributed by atoms with Crippen LogP contribution in [0.4, 0.5) is 4.48 Å². The second kappa shape index (κ2) is 4.56. The lowest BCUT2D eigenvalue weighted by Gasteiger charge is -2.31. The van der Waals surface area contributed by atoms with Crippen molar-refractivity contribution in [3.05, 3.63) is 0 Å². The molecule has 4 heteroatoms. The first-order valence-corrected chi connectivity index (χ1v) is 4.75. The number of rotatable bonds is 3. The molecule has 1 saturated carbocycles. The Kier molecular flexibility index (Phi) is 3.66. The van der Waals surface area contributed by atoms with Gasteiger partial charge in [-0.15, -0.1) is 9.60 Å². The average molecular weight is 189 g/mol. The van der Waals surface area contributed by atoms with E-state index in [1.54, 1.807) is 0 Å². The van der Waals surface area contributed by atoms with Crippen molar-refractivity contribution in [2.45, 2.75) is 38.6 Å². The number of halogens is 1. The van der Waals surface area contributed by atoms with E-state index in [1.807, 2.05) is 6.92 Å². The van der Waals surface area contributed by atoms with Crippen LogP contribution in [0.25, 0.3) is 0 Å². The van der Waals surface area contributed by atoms with Crippen LogP contribution in [0.2, 0.25) is 0 Å². The zero-order valence-electron chi connectivity index (χ0n) is 7.87. The highest BCUT2D eigenvalue weighted by molar-refractivity contribution is 5.68. The average Bonchev–Trinajstić information content (AvgIpc) is 2.03. The molecule has 2 atom stereocenters. The largest absolute Gasteiger partial charge is 0.480 e. The van der Waals surface area contributed by atoms with Crippen molar-refractivity contribution in [1.82, 2.24) is 5.12 Å². The van der Waals surface area contributed by atoms with Crippen LogP contribution in [-0.2, 0) is 4.79 Å². The molecule has 0 aliphatic heterocycles. The van der Waals surface area contributed by atoms with E-state index >= 15 is 0 Å². The first kappa shape index (κ1) is 10.4. The Hall–Kier alpha value is -0.640. The maximum absolute atomic E-state index is 13.2. The molecule has 76 valence electrons. The van der Waals surface area contributed by atoms with Gasteiger partial charge in [0.2, 0.25) is 0 Å². The zero-order valence-corrected chi connectivity index (χ0v) is 7.87. The monoisotopic (exact) mass is 189 g/mol. The molecule has 1 unspecified atom stereocenters. The molecule has 0 amide bonds. The van der Waals surface area contributed by atoms with Crippen LogP contribution in [0.1, 0.15) is 32.6 Å². The third-order valence-corrected chi connectivity index (χ3v) is 2.71. The second-order valence-electron chi connectivity index (χ2n) is 3.78. The minimum absolute atomic E-state index is 0.190. The van der Waals surface area contributed by atoms with E-state index in [-0.39, 0.29) is 12.0 Å². The minimum Gasteiger partial charge on any atom is -0.480 e. The van der Waals surface area contributed by atoms with Gasteiger partial charge in [0, 0.05) is 6.04 Å². The summed E-state index contributed by atoms with van der Waals surface area (Å²) in [6.07, 6.45) is 3.93. The molecule has 0 aromatic carbocycles. The van der Waals surface area contributed by atoms with Crippen molar-refractivity contribution in [2.75, 3.05) is 6.54 Å². The molecule has 1 N–H and O–H groups in total. The van der Waals surface area contributed by atoms with Crippen molar-refractivity contribution in [1.29, 1.82) is 0 Å². The molecule has 0 aromatic heterocycles. The highest BCUT2D eigenvalue weighted by atomic mass is 19.2. The molecule has 1 aliphatic rings. The van der Waals surface area contributed by atoms with Gasteiger partial charge in [-0.2, -0.15) is 0 Å². The normalized spacial score (nSPS) is 29.2. The zero-order chi connectivity index (χ0) is 9.84. The Bertz CT molecular complexity index is 186. The highest BCUT2D eigenvalue weighted by Crippen LogP contribution is 2.27. The first-order chi connectivity index (χ1) is 6.11. The summed E-state index contributed by atoms with van der Waals surface area (Å²) in [6.45, 7) is 1.49. The third-order valence-electron chi connectivity index (χ3n) is 2.71. The number of hydrogen-bond donors (Lipinski definition) is 1. The van der Waals surface area contributed by atoms with Gasteiger partial charge in [0.1, 0.15) is 6.54 Å². The van der Waals surface area contributed by atoms with Crippen LogP contribution >= 0.6 is 0 Å². The third kappa shape index (κ3) is 2.95. The van der Waals surface area contributed by atoms with E-state index in [1.165, 1.54) is 0 Å². The lowest BCUT2D eigenvalue weighted by molar-refractivity contribution is -0.147. The Labute approximate surface area is 77.5 Å². The number of nitrogens with zero attached hydrogens (tertiary/aromatic N) is 1. The van der Waals surface area contributed by atoms with Gasteiger partial charge in [-0.1, -0.05) is 19.8 Å². The number of aliphatic carboxylic acids is 1. The molecular formula is C9H16FNO2. The minimum atomic E-state index is -1.10. The molecular weight excluding hydrogens is 173 g/mol. The molecule has 0 radical (unpaired) electrons. The summed E-state index contributed by atoms with van der Waals surface area (Å²) >= 11 is 0. The molecule has 0 saturated heterocycles. The van der Waals surface area contributed by atoms with Crippen LogP contribution in [0.5, 0.6) is 0 Å². The van der Waals surface area contributed by atoms with E-state index in [0.717, 1.165) is 25.7 Å². The second-order valence-corrected chi connectivity index (χ2v) is 3.78. The van der Waals surface area contributed by atoms with Crippen LogP contribution in [0, 0.1) is 5.92 Å². The Morgan fingerprint density at radius 3 is 2.69 bits per heavy atom. The van der Waals surface area contributed by atoms with Gasteiger partial charge in [0.25, 0.3) is 0 Å². The summed E-state index contributed by atoms with van der Waals surface area (Å²) in [6, 6.07) is -0.190. The molecule has 1 aliphatic carbocycles. The van der Waals surface area contributed by atoms with Gasteiger partial charge < -0.3 is 5.11 Å². The lowest BCUT2D eigenvalue weighted by Crippen LogP contribution is -2.39. The summed E-state index contributed by atoms with van der Waals surface area (Å²) in [5, 5.41) is 8.90. The van der Waals surface area contributed by atoms with Crippen LogP contribution < -0.4 is 0 Å². The molecule has 0 bridgehead atoms. The van der Waals surface area contributed by atoms with E-state index in [4.69, 9.17) is 5.11 Å². The smallest absolute Gasteiger partial charge is 0.320 e. The molecule has 0 spiro atoms. The van der Waals surface area contributed by atoms with Gasteiger partial charge in [-0.25, -0.2) is 0 Å². The van der Waals surface area contributed by atoms with E-state index in [0.29, 0.717) is 5.12 Å². The van der Waals surface area contributed by atoms with Crippen molar-refractivity contribution in [2.24, 2.45) is 5.92 Å². The summed E-state index contributed by atoms with van der Waals surface area (Å²) in [4.78, 5) is 10.3. The molecule has 3 nitrogen and oxygen atoms in total. The molecule has 0 aromatic rings. The SMILES string of the molecule is CC1CCCC[C@@H]1N(F)CC(=O)O. The Balaban J connectivity index is 2.43. The first-order valence-electron chi connectivity index (χ1n) is 4.75. The Morgan fingerprint density at radius 2 is 2.15 bits per heavy atom. The summed E-state index contributed by atoms with van der Waals surface area (Å²) < 4.78 is 13.2. The van der Waals surface area contributed by atoms with E-state index < -0.39 is 12.5 Å². The number of carboxylic acid groups (broad SMARTS) is 1. The molecule has 13 heavy (non-hydrogen) atoms. The lowest BCUT2D eigenvalue weighted by atomic mass is 9.86. The van der Waals surface area contributed by atoms with Crippen molar-refractivity contribution in [3.63, 3.8) is 0 Å². The molecule has 0 heterocycles. The van der Waals surface area contributed by atoms with E-state index in [9.17, 15) is 9.28 Å². The fourth-order valence-electron chi connectivity index (χ4n) is 1.96. The number of carboxylic acids is 1. The van der Waals surface area contributed by atoms with Gasteiger partial charge in [-0.3, -0.25) is 4.79 Å². The highest BCUT2D eigenvalue weighted by Gasteiger charge is 2.28. The van der Waals surface area contributed by atoms with Crippen LogP contribution in [0.15, 0.2) is 0 Å². The van der Waals surface area contributed by atoms with Crippen LogP contribution in [-0.4, -0.2) is 28.8 Å². The topological polar surface area (TPSA) is 40.5 Å². The number of carbonyl (C=O) groups is 1. The molecule has 1 rings (SSSR count). The summed E-state index contributed by atoms with van der Waals surface area (Å²) in [5.41, 5.74) is 0. The van der Waals surface area contributed by atoms with Crippen LogP contribution in [0.3, 0.4) is 0 Å².